The van der Waals surface area contributed by atoms with Crippen LogP contribution in [0, 0.1) is 0 Å². The zero-order valence-corrected chi connectivity index (χ0v) is 12.0. The van der Waals surface area contributed by atoms with E-state index in [0.717, 1.165) is 18.7 Å². The van der Waals surface area contributed by atoms with Gasteiger partial charge in [0.05, 0.1) is 25.4 Å². The summed E-state index contributed by atoms with van der Waals surface area (Å²) in [5.41, 5.74) is 1.22. The molecule has 0 saturated heterocycles. The summed E-state index contributed by atoms with van der Waals surface area (Å²) in [6.07, 6.45) is 1.07. The van der Waals surface area contributed by atoms with E-state index in [1.807, 2.05) is 37.9 Å². The number of aliphatic hydroxyl groups is 2. The molecule has 1 rings (SSSR count). The summed E-state index contributed by atoms with van der Waals surface area (Å²) < 4.78 is 5.59. The summed E-state index contributed by atoms with van der Waals surface area (Å²) in [4.78, 5) is 1.97. The molecule has 0 bridgehead atoms. The van der Waals surface area contributed by atoms with E-state index in [1.54, 1.807) is 0 Å². The van der Waals surface area contributed by atoms with Gasteiger partial charge in [-0.25, -0.2) is 0 Å². The molecule has 0 saturated carbocycles. The third-order valence-electron chi connectivity index (χ3n) is 3.09. The molecule has 4 nitrogen and oxygen atoms in total. The van der Waals surface area contributed by atoms with Crippen LogP contribution in [0.15, 0.2) is 24.3 Å². The second-order valence-electron chi connectivity index (χ2n) is 5.06. The molecule has 4 heteroatoms. The van der Waals surface area contributed by atoms with Gasteiger partial charge in [0.1, 0.15) is 5.75 Å². The SMILES string of the molecule is CC(C)Oc1ccc(CCN(C)C(CO)CO)cc1. The van der Waals surface area contributed by atoms with Gasteiger partial charge < -0.3 is 14.9 Å². The third-order valence-corrected chi connectivity index (χ3v) is 3.09. The number of hydrogen-bond donors (Lipinski definition) is 2. The molecule has 1 aromatic carbocycles. The van der Waals surface area contributed by atoms with Gasteiger partial charge in [-0.3, -0.25) is 4.90 Å². The first-order valence-corrected chi connectivity index (χ1v) is 6.74. The average Bonchev–Trinajstić information content (AvgIpc) is 2.38. The number of nitrogens with zero attached hydrogens (tertiary/aromatic N) is 1. The van der Waals surface area contributed by atoms with Crippen LogP contribution in [-0.4, -0.2) is 54.1 Å². The van der Waals surface area contributed by atoms with Gasteiger partial charge in [0.25, 0.3) is 0 Å². The van der Waals surface area contributed by atoms with Crippen molar-refractivity contribution in [2.75, 3.05) is 26.8 Å². The van der Waals surface area contributed by atoms with Gasteiger partial charge in [0, 0.05) is 6.54 Å². The highest BCUT2D eigenvalue weighted by atomic mass is 16.5. The number of hydrogen-bond acceptors (Lipinski definition) is 4. The number of ether oxygens (including phenoxy) is 1. The predicted octanol–water partition coefficient (Wildman–Crippen LogP) is 1.30. The van der Waals surface area contributed by atoms with Crippen LogP contribution in [-0.2, 0) is 6.42 Å². The van der Waals surface area contributed by atoms with Crippen LogP contribution in [0.5, 0.6) is 5.75 Å². The Morgan fingerprint density at radius 2 is 1.68 bits per heavy atom. The maximum absolute atomic E-state index is 9.10. The molecule has 0 heterocycles. The smallest absolute Gasteiger partial charge is 0.119 e. The van der Waals surface area contributed by atoms with Gasteiger partial charge in [-0.2, -0.15) is 0 Å². The third kappa shape index (κ3) is 5.59. The highest BCUT2D eigenvalue weighted by Crippen LogP contribution is 2.14. The molecule has 0 radical (unpaired) electrons. The van der Waals surface area contributed by atoms with Crippen molar-refractivity contribution in [2.24, 2.45) is 0 Å². The highest BCUT2D eigenvalue weighted by molar-refractivity contribution is 5.27. The van der Waals surface area contributed by atoms with Gasteiger partial charge in [0.2, 0.25) is 0 Å². The van der Waals surface area contributed by atoms with Gasteiger partial charge in [0.15, 0.2) is 0 Å². The molecule has 0 fully saturated rings. The van der Waals surface area contributed by atoms with Crippen molar-refractivity contribution in [1.29, 1.82) is 0 Å². The first-order chi connectivity index (χ1) is 9.06. The summed E-state index contributed by atoms with van der Waals surface area (Å²) in [7, 11) is 1.91. The van der Waals surface area contributed by atoms with Gasteiger partial charge in [-0.05, 0) is 45.0 Å². The van der Waals surface area contributed by atoms with Gasteiger partial charge in [-0.1, -0.05) is 12.1 Å². The Morgan fingerprint density at radius 3 is 2.16 bits per heavy atom. The molecule has 0 atom stereocenters. The van der Waals surface area contributed by atoms with E-state index >= 15 is 0 Å². The molecule has 0 aliphatic heterocycles. The van der Waals surface area contributed by atoms with Crippen LogP contribution in [0.2, 0.25) is 0 Å². The van der Waals surface area contributed by atoms with Gasteiger partial charge in [-0.15, -0.1) is 0 Å². The Kier molecular flexibility index (Phi) is 6.84. The quantitative estimate of drug-likeness (QED) is 0.745. The average molecular weight is 267 g/mol. The van der Waals surface area contributed by atoms with Crippen LogP contribution >= 0.6 is 0 Å². The Balaban J connectivity index is 2.45. The molecule has 0 aliphatic rings. The number of aliphatic hydroxyl groups excluding tert-OH is 2. The first-order valence-electron chi connectivity index (χ1n) is 6.74. The summed E-state index contributed by atoms with van der Waals surface area (Å²) in [6.45, 7) is 4.78. The summed E-state index contributed by atoms with van der Waals surface area (Å²) in [6, 6.07) is 7.88. The summed E-state index contributed by atoms with van der Waals surface area (Å²) in [5.74, 6) is 0.885. The van der Waals surface area contributed by atoms with Crippen molar-refractivity contribution < 1.29 is 14.9 Å². The Morgan fingerprint density at radius 1 is 1.11 bits per heavy atom. The molecule has 0 aliphatic carbocycles. The Hall–Kier alpha value is -1.10. The normalized spacial score (nSPS) is 11.6. The van der Waals surface area contributed by atoms with E-state index in [2.05, 4.69) is 12.1 Å². The molecule has 0 spiro atoms. The van der Waals surface area contributed by atoms with E-state index in [9.17, 15) is 0 Å². The number of rotatable bonds is 8. The lowest BCUT2D eigenvalue weighted by atomic mass is 10.1. The van der Waals surface area contributed by atoms with E-state index in [4.69, 9.17) is 14.9 Å². The second-order valence-corrected chi connectivity index (χ2v) is 5.06. The largest absolute Gasteiger partial charge is 0.491 e. The molecule has 0 aromatic heterocycles. The topological polar surface area (TPSA) is 52.9 Å². The van der Waals surface area contributed by atoms with Crippen molar-refractivity contribution in [3.05, 3.63) is 29.8 Å². The maximum atomic E-state index is 9.10. The second kappa shape index (κ2) is 8.15. The number of benzene rings is 1. The lowest BCUT2D eigenvalue weighted by molar-refractivity contribution is 0.0925. The maximum Gasteiger partial charge on any atom is 0.119 e. The van der Waals surface area contributed by atoms with E-state index in [0.29, 0.717) is 0 Å². The molecular weight excluding hydrogens is 242 g/mol. The molecule has 2 N–H and O–H groups in total. The molecule has 0 unspecified atom stereocenters. The number of likely N-dealkylation sites (N-methyl/N-ethyl adjacent to an activating group) is 1. The first kappa shape index (κ1) is 16.0. The van der Waals surface area contributed by atoms with Gasteiger partial charge >= 0.3 is 0 Å². The lowest BCUT2D eigenvalue weighted by Crippen LogP contribution is -2.38. The minimum absolute atomic E-state index is 0.0197. The van der Waals surface area contributed by atoms with E-state index in [1.165, 1.54) is 5.56 Å². The molecular formula is C15H25NO3. The van der Waals surface area contributed by atoms with Crippen molar-refractivity contribution in [2.45, 2.75) is 32.4 Å². The predicted molar refractivity (Wildman–Crippen MR) is 76.5 cm³/mol. The van der Waals surface area contributed by atoms with E-state index in [-0.39, 0.29) is 25.4 Å². The van der Waals surface area contributed by atoms with Crippen molar-refractivity contribution >= 4 is 0 Å². The Bertz CT molecular complexity index is 347. The van der Waals surface area contributed by atoms with Crippen molar-refractivity contribution in [3.8, 4) is 5.75 Å². The Labute approximate surface area is 115 Å². The summed E-state index contributed by atoms with van der Waals surface area (Å²) >= 11 is 0. The minimum Gasteiger partial charge on any atom is -0.491 e. The van der Waals surface area contributed by atoms with Crippen molar-refractivity contribution in [1.82, 2.24) is 4.90 Å². The summed E-state index contributed by atoms with van der Waals surface area (Å²) in [5, 5.41) is 18.2. The van der Waals surface area contributed by atoms with Crippen LogP contribution in [0.25, 0.3) is 0 Å². The van der Waals surface area contributed by atoms with Crippen LogP contribution < -0.4 is 4.74 Å². The molecule has 108 valence electrons. The van der Waals surface area contributed by atoms with Crippen molar-refractivity contribution in [3.63, 3.8) is 0 Å². The molecule has 1 aromatic rings. The van der Waals surface area contributed by atoms with Crippen LogP contribution in [0.1, 0.15) is 19.4 Å². The molecule has 19 heavy (non-hydrogen) atoms. The van der Waals surface area contributed by atoms with Crippen LogP contribution in [0.3, 0.4) is 0 Å². The van der Waals surface area contributed by atoms with E-state index < -0.39 is 0 Å². The fraction of sp³-hybridized carbons (Fsp3) is 0.600. The van der Waals surface area contributed by atoms with Crippen LogP contribution in [0.4, 0.5) is 0 Å². The fourth-order valence-electron chi connectivity index (χ4n) is 1.83. The minimum atomic E-state index is -0.177. The zero-order valence-electron chi connectivity index (χ0n) is 12.0. The monoisotopic (exact) mass is 267 g/mol. The highest BCUT2D eigenvalue weighted by Gasteiger charge is 2.11. The molecule has 0 amide bonds. The zero-order chi connectivity index (χ0) is 14.3. The lowest BCUT2D eigenvalue weighted by Gasteiger charge is -2.24. The standard InChI is InChI=1S/C15H25NO3/c1-12(2)19-15-6-4-13(5-7-15)8-9-16(3)14(10-17)11-18/h4-7,12,14,17-18H,8-11H2,1-3H3. The fourth-order valence-corrected chi connectivity index (χ4v) is 1.83.